The average molecular weight is 266 g/mol. The van der Waals surface area contributed by atoms with E-state index in [0.29, 0.717) is 0 Å². The van der Waals surface area contributed by atoms with E-state index >= 15 is 0 Å². The first-order valence-electron chi connectivity index (χ1n) is 6.94. The molecule has 1 saturated heterocycles. The zero-order valence-electron chi connectivity index (χ0n) is 11.5. The van der Waals surface area contributed by atoms with Crippen LogP contribution in [0.15, 0.2) is 54.6 Å². The Bertz CT molecular complexity index is 609. The zero-order valence-corrected chi connectivity index (χ0v) is 11.5. The summed E-state index contributed by atoms with van der Waals surface area (Å²) in [6.07, 6.45) is 0.860. The molecule has 1 heterocycles. The summed E-state index contributed by atoms with van der Waals surface area (Å²) >= 11 is 0. The van der Waals surface area contributed by atoms with Crippen molar-refractivity contribution in [1.29, 1.82) is 0 Å². The lowest BCUT2D eigenvalue weighted by molar-refractivity contribution is -0.118. The Morgan fingerprint density at radius 3 is 2.45 bits per heavy atom. The van der Waals surface area contributed by atoms with Crippen molar-refractivity contribution in [2.75, 3.05) is 18.5 Å². The van der Waals surface area contributed by atoms with Gasteiger partial charge in [0.15, 0.2) is 0 Å². The van der Waals surface area contributed by atoms with Gasteiger partial charge in [-0.1, -0.05) is 48.5 Å². The molecule has 1 unspecified atom stereocenters. The Balaban J connectivity index is 2.01. The Hall–Kier alpha value is -2.13. The van der Waals surface area contributed by atoms with Crippen molar-refractivity contribution in [2.45, 2.75) is 12.5 Å². The molecule has 0 radical (unpaired) electrons. The summed E-state index contributed by atoms with van der Waals surface area (Å²) < 4.78 is 0. The van der Waals surface area contributed by atoms with E-state index in [9.17, 15) is 4.79 Å². The smallest absolute Gasteiger partial charge is 0.244 e. The first-order valence-corrected chi connectivity index (χ1v) is 6.94. The second kappa shape index (κ2) is 5.47. The number of rotatable bonds is 3. The van der Waals surface area contributed by atoms with Crippen LogP contribution < -0.4 is 10.2 Å². The fourth-order valence-corrected chi connectivity index (χ4v) is 2.76. The summed E-state index contributed by atoms with van der Waals surface area (Å²) in [7, 11) is 1.84. The van der Waals surface area contributed by atoms with Crippen LogP contribution >= 0.6 is 0 Å². The standard InChI is InChI=1S/C17H18N2O/c1-18-15-11-12-19(17(15)20)16-10-6-5-9-14(16)13-7-3-2-4-8-13/h2-10,15,18H,11-12H2,1H3. The highest BCUT2D eigenvalue weighted by Gasteiger charge is 2.32. The molecule has 1 aliphatic heterocycles. The Morgan fingerprint density at radius 2 is 1.75 bits per heavy atom. The van der Waals surface area contributed by atoms with Gasteiger partial charge in [-0.25, -0.2) is 0 Å². The highest BCUT2D eigenvalue weighted by molar-refractivity contribution is 6.02. The molecule has 0 bridgehead atoms. The fraction of sp³-hybridized carbons (Fsp3) is 0.235. The van der Waals surface area contributed by atoms with Crippen LogP contribution in [0.3, 0.4) is 0 Å². The van der Waals surface area contributed by atoms with E-state index in [1.54, 1.807) is 0 Å². The van der Waals surface area contributed by atoms with Crippen molar-refractivity contribution in [3.05, 3.63) is 54.6 Å². The third kappa shape index (κ3) is 2.21. The van der Waals surface area contributed by atoms with Gasteiger partial charge < -0.3 is 10.2 Å². The van der Waals surface area contributed by atoms with Gasteiger partial charge in [0.2, 0.25) is 5.91 Å². The molecule has 1 aliphatic rings. The highest BCUT2D eigenvalue weighted by Crippen LogP contribution is 2.32. The fourth-order valence-electron chi connectivity index (χ4n) is 2.76. The van der Waals surface area contributed by atoms with E-state index in [4.69, 9.17) is 0 Å². The largest absolute Gasteiger partial charge is 0.310 e. The first kappa shape index (κ1) is 12.9. The molecule has 3 nitrogen and oxygen atoms in total. The van der Waals surface area contributed by atoms with Crippen LogP contribution in [0.4, 0.5) is 5.69 Å². The van der Waals surface area contributed by atoms with Crippen LogP contribution in [0.2, 0.25) is 0 Å². The molecule has 0 saturated carbocycles. The molecule has 1 N–H and O–H groups in total. The number of benzene rings is 2. The second-order valence-corrected chi connectivity index (χ2v) is 5.00. The summed E-state index contributed by atoms with van der Waals surface area (Å²) in [6, 6.07) is 18.3. The molecular formula is C17H18N2O. The zero-order chi connectivity index (χ0) is 13.9. The first-order chi connectivity index (χ1) is 9.81. The SMILES string of the molecule is CNC1CCN(c2ccccc2-c2ccccc2)C1=O. The minimum atomic E-state index is -0.0566. The van der Waals surface area contributed by atoms with Gasteiger partial charge in [-0.05, 0) is 25.1 Å². The molecule has 0 spiro atoms. The Kier molecular flexibility index (Phi) is 3.52. The molecule has 3 rings (SSSR count). The van der Waals surface area contributed by atoms with Crippen LogP contribution in [0.1, 0.15) is 6.42 Å². The normalized spacial score (nSPS) is 18.6. The van der Waals surface area contributed by atoms with E-state index in [0.717, 1.165) is 29.8 Å². The molecular weight excluding hydrogens is 248 g/mol. The van der Waals surface area contributed by atoms with Crippen molar-refractivity contribution >= 4 is 11.6 Å². The number of hydrogen-bond acceptors (Lipinski definition) is 2. The minimum absolute atomic E-state index is 0.0566. The number of amides is 1. The van der Waals surface area contributed by atoms with Crippen LogP contribution in [0, 0.1) is 0 Å². The summed E-state index contributed by atoms with van der Waals surface area (Å²) in [5.74, 6) is 0.163. The maximum absolute atomic E-state index is 12.4. The monoisotopic (exact) mass is 266 g/mol. The van der Waals surface area contributed by atoms with E-state index < -0.39 is 0 Å². The molecule has 20 heavy (non-hydrogen) atoms. The third-order valence-corrected chi connectivity index (χ3v) is 3.83. The summed E-state index contributed by atoms with van der Waals surface area (Å²) in [6.45, 7) is 0.772. The summed E-state index contributed by atoms with van der Waals surface area (Å²) in [5.41, 5.74) is 3.25. The summed E-state index contributed by atoms with van der Waals surface area (Å²) in [4.78, 5) is 14.3. The van der Waals surface area contributed by atoms with Gasteiger partial charge in [0.25, 0.3) is 0 Å². The predicted molar refractivity (Wildman–Crippen MR) is 81.7 cm³/mol. The second-order valence-electron chi connectivity index (χ2n) is 5.00. The number of carbonyl (C=O) groups excluding carboxylic acids is 1. The summed E-state index contributed by atoms with van der Waals surface area (Å²) in [5, 5.41) is 3.08. The van der Waals surface area contributed by atoms with E-state index in [-0.39, 0.29) is 11.9 Å². The molecule has 1 atom stereocenters. The molecule has 0 aliphatic carbocycles. The quantitative estimate of drug-likeness (QED) is 0.926. The molecule has 2 aromatic carbocycles. The van der Waals surface area contributed by atoms with Gasteiger partial charge in [0.05, 0.1) is 11.7 Å². The average Bonchev–Trinajstić information content (AvgIpc) is 2.89. The van der Waals surface area contributed by atoms with Gasteiger partial charge in [-0.2, -0.15) is 0 Å². The van der Waals surface area contributed by atoms with Gasteiger partial charge in [-0.3, -0.25) is 4.79 Å². The van der Waals surface area contributed by atoms with Crippen molar-refractivity contribution in [2.24, 2.45) is 0 Å². The minimum Gasteiger partial charge on any atom is -0.310 e. The van der Waals surface area contributed by atoms with Gasteiger partial charge >= 0.3 is 0 Å². The van der Waals surface area contributed by atoms with Crippen LogP contribution in [0.5, 0.6) is 0 Å². The molecule has 0 aromatic heterocycles. The van der Waals surface area contributed by atoms with Crippen molar-refractivity contribution in [1.82, 2.24) is 5.32 Å². The Labute approximate surface area is 119 Å². The van der Waals surface area contributed by atoms with E-state index in [2.05, 4.69) is 23.5 Å². The van der Waals surface area contributed by atoms with Crippen molar-refractivity contribution < 1.29 is 4.79 Å². The number of anilines is 1. The van der Waals surface area contributed by atoms with Gasteiger partial charge in [0, 0.05) is 12.1 Å². The van der Waals surface area contributed by atoms with Crippen molar-refractivity contribution in [3.63, 3.8) is 0 Å². The molecule has 1 amide bonds. The maximum atomic E-state index is 12.4. The topological polar surface area (TPSA) is 32.3 Å². The highest BCUT2D eigenvalue weighted by atomic mass is 16.2. The van der Waals surface area contributed by atoms with E-state index in [1.807, 2.05) is 48.3 Å². The lowest BCUT2D eigenvalue weighted by Crippen LogP contribution is -2.36. The van der Waals surface area contributed by atoms with Crippen LogP contribution in [0.25, 0.3) is 11.1 Å². The number of nitrogens with zero attached hydrogens (tertiary/aromatic N) is 1. The molecule has 1 fully saturated rings. The number of para-hydroxylation sites is 1. The predicted octanol–water partition coefficient (Wildman–Crippen LogP) is 2.68. The van der Waals surface area contributed by atoms with Crippen molar-refractivity contribution in [3.8, 4) is 11.1 Å². The molecule has 102 valence electrons. The number of hydrogen-bond donors (Lipinski definition) is 1. The Morgan fingerprint density at radius 1 is 1.05 bits per heavy atom. The van der Waals surface area contributed by atoms with E-state index in [1.165, 1.54) is 0 Å². The number of likely N-dealkylation sites (N-methyl/N-ethyl adjacent to an activating group) is 1. The molecule has 3 heteroatoms. The van der Waals surface area contributed by atoms with Crippen LogP contribution in [-0.2, 0) is 4.79 Å². The van der Waals surface area contributed by atoms with Gasteiger partial charge in [-0.15, -0.1) is 0 Å². The van der Waals surface area contributed by atoms with Crippen LogP contribution in [-0.4, -0.2) is 25.5 Å². The molecule has 2 aromatic rings. The van der Waals surface area contributed by atoms with Gasteiger partial charge in [0.1, 0.15) is 0 Å². The number of carbonyl (C=O) groups is 1. The maximum Gasteiger partial charge on any atom is 0.244 e. The third-order valence-electron chi connectivity index (χ3n) is 3.83. The number of nitrogens with one attached hydrogen (secondary N) is 1. The lowest BCUT2D eigenvalue weighted by Gasteiger charge is -2.20. The lowest BCUT2D eigenvalue weighted by atomic mass is 10.0.